The zero-order chi connectivity index (χ0) is 30.5. The van der Waals surface area contributed by atoms with Crippen LogP contribution < -0.4 is 0 Å². The Balaban J connectivity index is 4.15. The van der Waals surface area contributed by atoms with Crippen molar-refractivity contribution in [1.82, 2.24) is 0 Å². The van der Waals surface area contributed by atoms with Crippen LogP contribution in [0.4, 0.5) is 26.3 Å². The minimum atomic E-state index is -5.45. The summed E-state index contributed by atoms with van der Waals surface area (Å²) in [5.41, 5.74) is 0. The summed E-state index contributed by atoms with van der Waals surface area (Å²) in [6.45, 7) is -4.26. The molecule has 0 bridgehead atoms. The fraction of sp³-hybridized carbons (Fsp3) is 1.00. The van der Waals surface area contributed by atoms with Crippen molar-refractivity contribution in [2.24, 2.45) is 0 Å². The highest BCUT2D eigenvalue weighted by molar-refractivity contribution is 4.60. The Labute approximate surface area is 227 Å². The van der Waals surface area contributed by atoms with Crippen molar-refractivity contribution in [3.8, 4) is 0 Å². The summed E-state index contributed by atoms with van der Waals surface area (Å²) in [6.07, 6.45) is -16.8. The molecule has 0 aromatic carbocycles. The minimum absolute atomic E-state index is 0.00100. The second-order valence-corrected chi connectivity index (χ2v) is 8.31. The van der Waals surface area contributed by atoms with Gasteiger partial charge in [0.15, 0.2) is 0 Å². The predicted octanol–water partition coefficient (Wildman–Crippen LogP) is 0.730. The lowest BCUT2D eigenvalue weighted by molar-refractivity contribution is -0.518. The van der Waals surface area contributed by atoms with E-state index >= 15 is 0 Å². The smallest absolute Gasteiger partial charge is 0.394 e. The fourth-order valence-corrected chi connectivity index (χ4v) is 2.50. The molecular weight excluding hydrogens is 570 g/mol. The van der Waals surface area contributed by atoms with Crippen LogP contribution in [0.1, 0.15) is 19.8 Å². The number of aliphatic hydroxyl groups excluding tert-OH is 4. The SMILES string of the molecule is CCCCOCC(O)COCCOCC(F)(F)OC(F)(F)OC(F)(F)COCC(O)COCC(O)COCCO. The monoisotopic (exact) mass is 610 g/mol. The molecule has 12 nitrogen and oxygen atoms in total. The summed E-state index contributed by atoms with van der Waals surface area (Å²) in [5, 5.41) is 37.2. The summed E-state index contributed by atoms with van der Waals surface area (Å²) in [4.78, 5) is 0. The summed E-state index contributed by atoms with van der Waals surface area (Å²) in [6, 6.07) is 0. The van der Waals surface area contributed by atoms with Gasteiger partial charge in [0.25, 0.3) is 0 Å². The lowest BCUT2D eigenvalue weighted by Crippen LogP contribution is -2.44. The molecule has 0 aliphatic carbocycles. The lowest BCUT2D eigenvalue weighted by atomic mass is 10.3. The molecule has 3 unspecified atom stereocenters. The van der Waals surface area contributed by atoms with Gasteiger partial charge in [0.2, 0.25) is 0 Å². The van der Waals surface area contributed by atoms with Crippen LogP contribution >= 0.6 is 0 Å². The predicted molar refractivity (Wildman–Crippen MR) is 122 cm³/mol. The Morgan fingerprint density at radius 2 is 0.950 bits per heavy atom. The average molecular weight is 611 g/mol. The van der Waals surface area contributed by atoms with Crippen LogP contribution in [0.2, 0.25) is 0 Å². The van der Waals surface area contributed by atoms with Crippen molar-refractivity contribution in [3.63, 3.8) is 0 Å². The largest absolute Gasteiger partial charge is 0.495 e. The first-order chi connectivity index (χ1) is 18.7. The maximum absolute atomic E-state index is 13.6. The molecular formula is C22H40F6O12. The minimum Gasteiger partial charge on any atom is -0.394 e. The van der Waals surface area contributed by atoms with Crippen LogP contribution in [0, 0.1) is 0 Å². The van der Waals surface area contributed by atoms with Gasteiger partial charge in [-0.05, 0) is 6.42 Å². The Kier molecular flexibility index (Phi) is 21.3. The summed E-state index contributed by atoms with van der Waals surface area (Å²) >= 11 is 0. The molecule has 4 N–H and O–H groups in total. The molecule has 0 aliphatic heterocycles. The van der Waals surface area contributed by atoms with Crippen molar-refractivity contribution >= 4 is 0 Å². The van der Waals surface area contributed by atoms with Crippen molar-refractivity contribution in [2.45, 2.75) is 56.6 Å². The van der Waals surface area contributed by atoms with Gasteiger partial charge in [-0.15, -0.1) is 8.78 Å². The van der Waals surface area contributed by atoms with Gasteiger partial charge in [0.1, 0.15) is 31.5 Å². The zero-order valence-corrected chi connectivity index (χ0v) is 22.2. The van der Waals surface area contributed by atoms with Crippen molar-refractivity contribution < 1.29 is 84.7 Å². The highest BCUT2D eigenvalue weighted by Gasteiger charge is 2.52. The number of unbranched alkanes of at least 4 members (excludes halogenated alkanes) is 1. The molecule has 0 heterocycles. The molecule has 18 heteroatoms. The molecule has 0 aromatic rings. The second kappa shape index (κ2) is 21.8. The first kappa shape index (κ1) is 39.1. The molecule has 0 spiro atoms. The summed E-state index contributed by atoms with van der Waals surface area (Å²) < 4.78 is 116. The van der Waals surface area contributed by atoms with E-state index in [1.165, 1.54) is 0 Å². The third-order valence-corrected chi connectivity index (χ3v) is 4.19. The standard InChI is InChI=1S/C22H40F6O12/c1-2-3-5-33-9-17(30)11-35-7-8-36-15-20(23,24)39-22(27,28)40-21(25,26)16-38-14-19(32)13-37-12-18(31)10-34-6-4-29/h17-19,29-32H,2-16H2,1H3. The average Bonchev–Trinajstić information content (AvgIpc) is 2.82. The van der Waals surface area contributed by atoms with Crippen LogP contribution in [0.3, 0.4) is 0 Å². The van der Waals surface area contributed by atoms with E-state index < -0.39 is 69.9 Å². The zero-order valence-electron chi connectivity index (χ0n) is 22.2. The van der Waals surface area contributed by atoms with Crippen LogP contribution in [-0.2, 0) is 37.9 Å². The molecule has 0 fully saturated rings. The maximum Gasteiger partial charge on any atom is 0.495 e. The lowest BCUT2D eigenvalue weighted by Gasteiger charge is -2.26. The Morgan fingerprint density at radius 3 is 1.45 bits per heavy atom. The van der Waals surface area contributed by atoms with E-state index in [2.05, 4.69) is 18.9 Å². The highest BCUT2D eigenvalue weighted by atomic mass is 19.3. The number of alkyl halides is 6. The van der Waals surface area contributed by atoms with E-state index in [4.69, 9.17) is 24.1 Å². The number of halogens is 6. The van der Waals surface area contributed by atoms with Gasteiger partial charge in [0, 0.05) is 6.61 Å². The van der Waals surface area contributed by atoms with Crippen molar-refractivity contribution in [2.75, 3.05) is 85.9 Å². The molecule has 0 saturated heterocycles. The highest BCUT2D eigenvalue weighted by Crippen LogP contribution is 2.33. The first-order valence-corrected chi connectivity index (χ1v) is 12.4. The number of ether oxygens (including phenoxy) is 8. The number of aliphatic hydroxyl groups is 4. The van der Waals surface area contributed by atoms with E-state index in [9.17, 15) is 41.7 Å². The molecule has 0 aliphatic rings. The van der Waals surface area contributed by atoms with E-state index in [0.717, 1.165) is 12.8 Å². The van der Waals surface area contributed by atoms with E-state index in [0.29, 0.717) is 6.61 Å². The van der Waals surface area contributed by atoms with Crippen LogP contribution in [-0.4, -0.2) is 143 Å². The Morgan fingerprint density at radius 1 is 0.550 bits per heavy atom. The summed E-state index contributed by atoms with van der Waals surface area (Å²) in [5.74, 6) is 0. The van der Waals surface area contributed by atoms with Gasteiger partial charge in [-0.2, -0.15) is 17.6 Å². The molecule has 0 rings (SSSR count). The van der Waals surface area contributed by atoms with Gasteiger partial charge >= 0.3 is 18.5 Å². The maximum atomic E-state index is 13.6. The Bertz CT molecular complexity index is 609. The third-order valence-electron chi connectivity index (χ3n) is 4.19. The van der Waals surface area contributed by atoms with Crippen molar-refractivity contribution in [1.29, 1.82) is 0 Å². The van der Waals surface area contributed by atoms with Crippen LogP contribution in [0.5, 0.6) is 0 Å². The molecule has 0 saturated carbocycles. The van der Waals surface area contributed by atoms with E-state index in [1.54, 1.807) is 0 Å². The topological polar surface area (TPSA) is 155 Å². The quantitative estimate of drug-likeness (QED) is 0.0561. The van der Waals surface area contributed by atoms with Crippen LogP contribution in [0.25, 0.3) is 0 Å². The van der Waals surface area contributed by atoms with Crippen molar-refractivity contribution in [3.05, 3.63) is 0 Å². The van der Waals surface area contributed by atoms with Crippen LogP contribution in [0.15, 0.2) is 0 Å². The van der Waals surface area contributed by atoms with Gasteiger partial charge in [-0.1, -0.05) is 13.3 Å². The molecule has 0 radical (unpaired) electrons. The normalized spacial score (nSPS) is 15.4. The molecule has 0 aromatic heterocycles. The van der Waals surface area contributed by atoms with E-state index in [1.807, 2.05) is 6.92 Å². The first-order valence-electron chi connectivity index (χ1n) is 12.4. The fourth-order valence-electron chi connectivity index (χ4n) is 2.50. The number of hydrogen-bond acceptors (Lipinski definition) is 12. The van der Waals surface area contributed by atoms with Gasteiger partial charge < -0.3 is 48.8 Å². The molecule has 0 amide bonds. The number of rotatable bonds is 28. The van der Waals surface area contributed by atoms with E-state index in [-0.39, 0.29) is 46.2 Å². The molecule has 242 valence electrons. The van der Waals surface area contributed by atoms with Gasteiger partial charge in [-0.3, -0.25) is 0 Å². The second-order valence-electron chi connectivity index (χ2n) is 8.31. The van der Waals surface area contributed by atoms with Gasteiger partial charge in [-0.25, -0.2) is 9.47 Å². The molecule has 3 atom stereocenters. The third kappa shape index (κ3) is 23.8. The Hall–Kier alpha value is -0.900. The number of hydrogen-bond donors (Lipinski definition) is 4. The van der Waals surface area contributed by atoms with Gasteiger partial charge in [0.05, 0.1) is 66.1 Å². The molecule has 40 heavy (non-hydrogen) atoms. The summed E-state index contributed by atoms with van der Waals surface area (Å²) in [7, 11) is 0.